The number of aromatic nitrogens is 3. The third-order valence-corrected chi connectivity index (χ3v) is 8.65. The Morgan fingerprint density at radius 3 is 2.70 bits per heavy atom. The van der Waals surface area contributed by atoms with Crippen molar-refractivity contribution in [2.45, 2.75) is 37.0 Å². The fourth-order valence-electron chi connectivity index (χ4n) is 4.65. The number of rotatable bonds is 9. The lowest BCUT2D eigenvalue weighted by atomic mass is 9.97. The topological polar surface area (TPSA) is 153 Å². The molecule has 1 unspecified atom stereocenters. The Hall–Kier alpha value is -3.33. The van der Waals surface area contributed by atoms with Crippen LogP contribution in [-0.2, 0) is 25.5 Å². The molecule has 4 heterocycles. The maximum absolute atomic E-state index is 12.6. The van der Waals surface area contributed by atoms with Gasteiger partial charge in [-0.15, -0.1) is 11.3 Å². The van der Waals surface area contributed by atoms with Crippen LogP contribution < -0.4 is 9.47 Å². The summed E-state index contributed by atoms with van der Waals surface area (Å²) in [4.78, 5) is 32.7. The number of thiazole rings is 1. The molecule has 1 saturated heterocycles. The highest BCUT2D eigenvalue weighted by atomic mass is 35.5. The molecule has 1 amide bonds. The fraction of sp³-hybridized carbons (Fsp3) is 0.400. The molecule has 1 fully saturated rings. The number of carbonyl (C=O) groups is 1. The molecule has 12 nitrogen and oxygen atoms in total. The summed E-state index contributed by atoms with van der Waals surface area (Å²) in [6.07, 6.45) is 4.23. The lowest BCUT2D eigenvalue weighted by molar-refractivity contribution is -0.134. The third-order valence-electron chi connectivity index (χ3n) is 6.64. The van der Waals surface area contributed by atoms with E-state index in [1.165, 1.54) is 30.8 Å². The Kier molecular flexibility index (Phi) is 8.49. The van der Waals surface area contributed by atoms with Gasteiger partial charge in [-0.05, 0) is 24.5 Å². The number of likely N-dealkylation sites (tertiary alicyclic amines) is 1. The number of ether oxygens (including phenoxy) is 2. The van der Waals surface area contributed by atoms with Crippen molar-refractivity contribution < 1.29 is 32.1 Å². The molecule has 2 aliphatic heterocycles. The normalized spacial score (nSPS) is 17.8. The van der Waals surface area contributed by atoms with Crippen LogP contribution in [0.15, 0.2) is 41.1 Å². The van der Waals surface area contributed by atoms with E-state index in [1.54, 1.807) is 23.1 Å². The Morgan fingerprint density at radius 1 is 1.25 bits per heavy atom. The minimum absolute atomic E-state index is 0.0971. The van der Waals surface area contributed by atoms with Crippen molar-refractivity contribution in [1.82, 2.24) is 19.9 Å². The number of methoxy groups -OCH3 is 1. The van der Waals surface area contributed by atoms with E-state index in [0.29, 0.717) is 52.8 Å². The Labute approximate surface area is 239 Å². The van der Waals surface area contributed by atoms with E-state index in [1.807, 2.05) is 5.38 Å². The van der Waals surface area contributed by atoms with E-state index >= 15 is 0 Å². The van der Waals surface area contributed by atoms with Gasteiger partial charge < -0.3 is 19.2 Å². The zero-order valence-corrected chi connectivity index (χ0v) is 23.8. The Bertz CT molecular complexity index is 1510. The number of hydrogen-bond acceptors (Lipinski definition) is 11. The van der Waals surface area contributed by atoms with Crippen LogP contribution in [0.1, 0.15) is 53.1 Å². The minimum atomic E-state index is -4.25. The van der Waals surface area contributed by atoms with Gasteiger partial charge in [-0.25, -0.2) is 4.98 Å². The van der Waals surface area contributed by atoms with Crippen molar-refractivity contribution in [3.05, 3.63) is 62.8 Å². The van der Waals surface area contributed by atoms with E-state index in [9.17, 15) is 17.8 Å². The standard InChI is InChI=1S/C25H26ClN5O7S2/c1-36-25-27-10-17(11-28-25)37-12-22(32)31-7-5-15(6-8-31)24-29-20(13-39-24)19-9-21(38-30-19)23-16(14-40(33,34)35)3-2-4-18(23)26/h2-4,10-11,13,15,21H,5-9,12,14H2,1H3,(H,33,34,35). The fourth-order valence-corrected chi connectivity index (χ4v) is 6.61. The first-order valence-electron chi connectivity index (χ1n) is 12.4. The van der Waals surface area contributed by atoms with Crippen LogP contribution in [0.2, 0.25) is 5.02 Å². The first-order valence-corrected chi connectivity index (χ1v) is 15.2. The summed E-state index contributed by atoms with van der Waals surface area (Å²) in [6, 6.07) is 5.08. The number of nitrogens with zero attached hydrogens (tertiary/aromatic N) is 5. The largest absolute Gasteiger partial charge is 0.481 e. The molecule has 0 saturated carbocycles. The number of carbonyl (C=O) groups excluding carboxylic acids is 1. The van der Waals surface area contributed by atoms with Gasteiger partial charge in [0.1, 0.15) is 11.5 Å². The van der Waals surface area contributed by atoms with E-state index in [2.05, 4.69) is 15.1 Å². The second-order valence-electron chi connectivity index (χ2n) is 9.30. The molecule has 0 radical (unpaired) electrons. The maximum Gasteiger partial charge on any atom is 0.316 e. The predicted octanol–water partition coefficient (Wildman–Crippen LogP) is 3.63. The van der Waals surface area contributed by atoms with Crippen molar-refractivity contribution in [2.75, 3.05) is 26.8 Å². The number of benzene rings is 1. The van der Waals surface area contributed by atoms with Crippen LogP contribution in [0.25, 0.3) is 0 Å². The van der Waals surface area contributed by atoms with Crippen LogP contribution in [0.3, 0.4) is 0 Å². The average molecular weight is 608 g/mol. The van der Waals surface area contributed by atoms with Gasteiger partial charge >= 0.3 is 6.01 Å². The SMILES string of the molecule is COc1ncc(OCC(=O)N2CCC(c3nc(C4=NOC(c5c(Cl)cccc5CS(=O)(=O)O)C4)cs3)CC2)cn1. The van der Waals surface area contributed by atoms with Crippen molar-refractivity contribution in [3.8, 4) is 11.8 Å². The lowest BCUT2D eigenvalue weighted by Gasteiger charge is -2.31. The quantitative estimate of drug-likeness (QED) is 0.357. The van der Waals surface area contributed by atoms with Gasteiger partial charge in [0, 0.05) is 41.4 Å². The highest BCUT2D eigenvalue weighted by molar-refractivity contribution is 7.85. The zero-order valence-electron chi connectivity index (χ0n) is 21.4. The number of oxime groups is 1. The minimum Gasteiger partial charge on any atom is -0.481 e. The summed E-state index contributed by atoms with van der Waals surface area (Å²) >= 11 is 7.90. The van der Waals surface area contributed by atoms with Crippen LogP contribution in [0.4, 0.5) is 0 Å². The maximum atomic E-state index is 12.6. The van der Waals surface area contributed by atoms with Crippen molar-refractivity contribution >= 4 is 44.7 Å². The van der Waals surface area contributed by atoms with Gasteiger partial charge in [-0.3, -0.25) is 9.35 Å². The molecule has 1 N–H and O–H groups in total. The number of amides is 1. The van der Waals surface area contributed by atoms with Crippen LogP contribution in [-0.4, -0.2) is 71.2 Å². The van der Waals surface area contributed by atoms with Gasteiger partial charge in [-0.1, -0.05) is 28.9 Å². The summed E-state index contributed by atoms with van der Waals surface area (Å²) in [5.74, 6) is -0.0696. The highest BCUT2D eigenvalue weighted by Gasteiger charge is 2.31. The lowest BCUT2D eigenvalue weighted by Crippen LogP contribution is -2.40. The molecule has 0 bridgehead atoms. The zero-order chi connectivity index (χ0) is 28.3. The molecular formula is C25H26ClN5O7S2. The summed E-state index contributed by atoms with van der Waals surface area (Å²) < 4.78 is 42.7. The Morgan fingerprint density at radius 2 is 2.00 bits per heavy atom. The molecule has 3 aromatic rings. The van der Waals surface area contributed by atoms with E-state index < -0.39 is 22.0 Å². The predicted molar refractivity (Wildman–Crippen MR) is 146 cm³/mol. The molecule has 0 spiro atoms. The molecule has 1 atom stereocenters. The summed E-state index contributed by atoms with van der Waals surface area (Å²) in [5, 5.41) is 7.42. The molecule has 5 rings (SSSR count). The van der Waals surface area contributed by atoms with E-state index in [4.69, 9.17) is 30.9 Å². The van der Waals surface area contributed by atoms with E-state index in [0.717, 1.165) is 17.8 Å². The summed E-state index contributed by atoms with van der Waals surface area (Å²) in [5.41, 5.74) is 2.17. The number of halogens is 1. The van der Waals surface area contributed by atoms with Gasteiger partial charge in [0.05, 0.1) is 30.2 Å². The monoisotopic (exact) mass is 607 g/mol. The van der Waals surface area contributed by atoms with Gasteiger partial charge in [0.2, 0.25) is 0 Å². The number of piperidine rings is 1. The first kappa shape index (κ1) is 28.2. The molecular weight excluding hydrogens is 582 g/mol. The highest BCUT2D eigenvalue weighted by Crippen LogP contribution is 2.38. The summed E-state index contributed by atoms with van der Waals surface area (Å²) in [7, 11) is -2.78. The Balaban J connectivity index is 1.15. The third kappa shape index (κ3) is 6.69. The van der Waals surface area contributed by atoms with Crippen LogP contribution in [0, 0.1) is 0 Å². The summed E-state index contributed by atoms with van der Waals surface area (Å²) in [6.45, 7) is 1.09. The van der Waals surface area contributed by atoms with Crippen LogP contribution >= 0.6 is 22.9 Å². The number of hydrogen-bond donors (Lipinski definition) is 1. The molecule has 15 heteroatoms. The van der Waals surface area contributed by atoms with Crippen molar-refractivity contribution in [2.24, 2.45) is 5.16 Å². The second kappa shape index (κ2) is 12.0. The molecule has 212 valence electrons. The van der Waals surface area contributed by atoms with E-state index in [-0.39, 0.29) is 24.4 Å². The van der Waals surface area contributed by atoms with Gasteiger partial charge in [-0.2, -0.15) is 18.4 Å². The van der Waals surface area contributed by atoms with Crippen molar-refractivity contribution in [1.29, 1.82) is 0 Å². The molecule has 2 aromatic heterocycles. The first-order chi connectivity index (χ1) is 19.2. The molecule has 0 aliphatic carbocycles. The molecule has 1 aromatic carbocycles. The van der Waals surface area contributed by atoms with Crippen molar-refractivity contribution in [3.63, 3.8) is 0 Å². The smallest absolute Gasteiger partial charge is 0.316 e. The average Bonchev–Trinajstić information content (AvgIpc) is 3.62. The van der Waals surface area contributed by atoms with Crippen LogP contribution in [0.5, 0.6) is 11.8 Å². The molecule has 40 heavy (non-hydrogen) atoms. The second-order valence-corrected chi connectivity index (χ2v) is 12.0. The van der Waals surface area contributed by atoms with Gasteiger partial charge in [0.15, 0.2) is 18.5 Å². The van der Waals surface area contributed by atoms with Gasteiger partial charge in [0.25, 0.3) is 16.0 Å². The molecule has 2 aliphatic rings.